The quantitative estimate of drug-likeness (QED) is 0.612. The molecule has 0 spiro atoms. The van der Waals surface area contributed by atoms with Crippen LogP contribution in [-0.2, 0) is 9.59 Å². The number of rotatable bonds is 9. The number of unbranched alkanes of at least 4 members (excludes halogenated alkanes) is 3. The van der Waals surface area contributed by atoms with Crippen molar-refractivity contribution in [3.05, 3.63) is 29.3 Å². The Labute approximate surface area is 132 Å². The molecule has 0 fully saturated rings. The minimum atomic E-state index is -0.200. The van der Waals surface area contributed by atoms with Gasteiger partial charge in [-0.1, -0.05) is 31.0 Å². The van der Waals surface area contributed by atoms with Gasteiger partial charge in [0.1, 0.15) is 0 Å². The molecule has 0 atom stereocenters. The molecular weight excluding hydrogens is 278 g/mol. The zero-order valence-electron chi connectivity index (χ0n) is 13.6. The number of carbonyl (C=O) groups is 2. The van der Waals surface area contributed by atoms with E-state index in [4.69, 9.17) is 5.73 Å². The number of benzene rings is 1. The molecule has 5 nitrogen and oxygen atoms in total. The average Bonchev–Trinajstić information content (AvgIpc) is 2.49. The molecule has 0 radical (unpaired) electrons. The highest BCUT2D eigenvalue weighted by Gasteiger charge is 2.08. The molecule has 0 aliphatic heterocycles. The van der Waals surface area contributed by atoms with Crippen molar-refractivity contribution < 1.29 is 9.59 Å². The smallest absolute Gasteiger partial charge is 0.243 e. The van der Waals surface area contributed by atoms with Crippen LogP contribution in [0.1, 0.15) is 43.2 Å². The second-order valence-electron chi connectivity index (χ2n) is 5.54. The molecule has 0 unspecified atom stereocenters. The first-order valence-electron chi connectivity index (χ1n) is 7.87. The zero-order chi connectivity index (χ0) is 16.4. The minimum Gasteiger partial charge on any atom is -0.347 e. The van der Waals surface area contributed by atoms with Crippen molar-refractivity contribution >= 4 is 17.5 Å². The van der Waals surface area contributed by atoms with Crippen LogP contribution in [0.2, 0.25) is 0 Å². The van der Waals surface area contributed by atoms with Gasteiger partial charge in [-0.2, -0.15) is 0 Å². The molecule has 2 amide bonds. The van der Waals surface area contributed by atoms with Gasteiger partial charge in [0.2, 0.25) is 11.8 Å². The van der Waals surface area contributed by atoms with E-state index in [9.17, 15) is 9.59 Å². The maximum Gasteiger partial charge on any atom is 0.243 e. The Morgan fingerprint density at radius 3 is 2.27 bits per heavy atom. The zero-order valence-corrected chi connectivity index (χ0v) is 13.6. The van der Waals surface area contributed by atoms with Crippen LogP contribution >= 0.6 is 0 Å². The number of hydrogen-bond acceptors (Lipinski definition) is 3. The third-order valence-corrected chi connectivity index (χ3v) is 3.55. The van der Waals surface area contributed by atoms with Gasteiger partial charge in [-0.15, -0.1) is 0 Å². The molecule has 5 heteroatoms. The molecular formula is C17H27N3O2. The summed E-state index contributed by atoms with van der Waals surface area (Å²) in [5.74, 6) is -0.279. The van der Waals surface area contributed by atoms with Gasteiger partial charge in [0.25, 0.3) is 0 Å². The van der Waals surface area contributed by atoms with Crippen molar-refractivity contribution in [3.8, 4) is 0 Å². The summed E-state index contributed by atoms with van der Waals surface area (Å²) < 4.78 is 0. The van der Waals surface area contributed by atoms with E-state index in [1.807, 2.05) is 32.0 Å². The van der Waals surface area contributed by atoms with Gasteiger partial charge < -0.3 is 16.4 Å². The summed E-state index contributed by atoms with van der Waals surface area (Å²) in [4.78, 5) is 23.5. The van der Waals surface area contributed by atoms with E-state index in [1.165, 1.54) is 0 Å². The largest absolute Gasteiger partial charge is 0.347 e. The lowest BCUT2D eigenvalue weighted by molar-refractivity contribution is -0.124. The summed E-state index contributed by atoms with van der Waals surface area (Å²) in [7, 11) is 0. The monoisotopic (exact) mass is 305 g/mol. The second-order valence-corrected chi connectivity index (χ2v) is 5.54. The molecule has 0 saturated carbocycles. The van der Waals surface area contributed by atoms with Crippen LogP contribution < -0.4 is 16.4 Å². The van der Waals surface area contributed by atoms with Crippen molar-refractivity contribution in [3.63, 3.8) is 0 Å². The van der Waals surface area contributed by atoms with E-state index in [0.717, 1.165) is 42.5 Å². The lowest BCUT2D eigenvalue weighted by Gasteiger charge is -2.12. The van der Waals surface area contributed by atoms with Gasteiger partial charge in [-0.25, -0.2) is 0 Å². The Balaban J connectivity index is 2.27. The van der Waals surface area contributed by atoms with E-state index >= 15 is 0 Å². The highest BCUT2D eigenvalue weighted by atomic mass is 16.2. The van der Waals surface area contributed by atoms with E-state index in [1.54, 1.807) is 0 Å². The van der Waals surface area contributed by atoms with Gasteiger partial charge in [0, 0.05) is 12.1 Å². The summed E-state index contributed by atoms with van der Waals surface area (Å²) in [6, 6.07) is 5.85. The van der Waals surface area contributed by atoms with Gasteiger partial charge in [0.15, 0.2) is 0 Å². The SMILES string of the molecule is Cc1cccc(C)c1NC(=O)CNC(=O)CCCCCCN. The summed E-state index contributed by atoms with van der Waals surface area (Å²) in [6.45, 7) is 4.60. The maximum absolute atomic E-state index is 11.9. The van der Waals surface area contributed by atoms with Crippen LogP contribution in [-0.4, -0.2) is 24.9 Å². The first-order chi connectivity index (χ1) is 10.5. The fourth-order valence-electron chi connectivity index (χ4n) is 2.25. The van der Waals surface area contributed by atoms with Crippen molar-refractivity contribution in [2.75, 3.05) is 18.4 Å². The maximum atomic E-state index is 11.9. The number of aryl methyl sites for hydroxylation is 2. The Kier molecular flexibility index (Phi) is 8.22. The van der Waals surface area contributed by atoms with Gasteiger partial charge in [0.05, 0.1) is 6.54 Å². The number of nitrogens with one attached hydrogen (secondary N) is 2. The van der Waals surface area contributed by atoms with Crippen LogP contribution in [0.3, 0.4) is 0 Å². The lowest BCUT2D eigenvalue weighted by atomic mass is 10.1. The van der Waals surface area contributed by atoms with E-state index < -0.39 is 0 Å². The molecule has 0 saturated heterocycles. The lowest BCUT2D eigenvalue weighted by Crippen LogP contribution is -2.33. The molecule has 0 aliphatic rings. The average molecular weight is 305 g/mol. The van der Waals surface area contributed by atoms with Crippen LogP contribution in [0, 0.1) is 13.8 Å². The number of para-hydroxylation sites is 1. The van der Waals surface area contributed by atoms with Gasteiger partial charge >= 0.3 is 0 Å². The Morgan fingerprint density at radius 1 is 1.00 bits per heavy atom. The molecule has 1 rings (SSSR count). The predicted molar refractivity (Wildman–Crippen MR) is 89.7 cm³/mol. The van der Waals surface area contributed by atoms with E-state index in [-0.39, 0.29) is 18.4 Å². The fraction of sp³-hybridized carbons (Fsp3) is 0.529. The fourth-order valence-corrected chi connectivity index (χ4v) is 2.25. The number of hydrogen-bond donors (Lipinski definition) is 3. The normalized spacial score (nSPS) is 10.3. The highest BCUT2D eigenvalue weighted by Crippen LogP contribution is 2.18. The summed E-state index contributed by atoms with van der Waals surface area (Å²) in [5.41, 5.74) is 8.26. The first-order valence-corrected chi connectivity index (χ1v) is 7.87. The number of carbonyl (C=O) groups excluding carboxylic acids is 2. The van der Waals surface area contributed by atoms with Crippen LogP contribution in [0.25, 0.3) is 0 Å². The summed E-state index contributed by atoms with van der Waals surface area (Å²) >= 11 is 0. The molecule has 122 valence electrons. The van der Waals surface area contributed by atoms with E-state index in [0.29, 0.717) is 13.0 Å². The highest BCUT2D eigenvalue weighted by molar-refractivity contribution is 5.95. The number of anilines is 1. The molecule has 4 N–H and O–H groups in total. The van der Waals surface area contributed by atoms with Crippen molar-refractivity contribution in [1.82, 2.24) is 5.32 Å². The van der Waals surface area contributed by atoms with Gasteiger partial charge in [-0.05, 0) is 44.4 Å². The van der Waals surface area contributed by atoms with Crippen molar-refractivity contribution in [1.29, 1.82) is 0 Å². The molecule has 0 bridgehead atoms. The standard InChI is InChI=1S/C17H27N3O2/c1-13-8-7-9-14(2)17(13)20-16(22)12-19-15(21)10-5-3-4-6-11-18/h7-9H,3-6,10-12,18H2,1-2H3,(H,19,21)(H,20,22). The predicted octanol–water partition coefficient (Wildman–Crippen LogP) is 2.27. The van der Waals surface area contributed by atoms with E-state index in [2.05, 4.69) is 10.6 Å². The third kappa shape index (κ3) is 6.72. The number of nitrogens with two attached hydrogens (primary N) is 1. The minimum absolute atomic E-state index is 0.00933. The molecule has 0 aliphatic carbocycles. The molecule has 0 heterocycles. The van der Waals surface area contributed by atoms with Crippen LogP contribution in [0.15, 0.2) is 18.2 Å². The summed E-state index contributed by atoms with van der Waals surface area (Å²) in [6.07, 6.45) is 4.35. The Morgan fingerprint density at radius 2 is 1.64 bits per heavy atom. The third-order valence-electron chi connectivity index (χ3n) is 3.55. The van der Waals surface area contributed by atoms with Gasteiger partial charge in [-0.3, -0.25) is 9.59 Å². The molecule has 1 aromatic carbocycles. The second kappa shape index (κ2) is 9.95. The molecule has 0 aromatic heterocycles. The summed E-state index contributed by atoms with van der Waals surface area (Å²) in [5, 5.41) is 5.51. The first kappa shape index (κ1) is 18.2. The molecule has 22 heavy (non-hydrogen) atoms. The number of amides is 2. The van der Waals surface area contributed by atoms with Crippen molar-refractivity contribution in [2.24, 2.45) is 5.73 Å². The van der Waals surface area contributed by atoms with Crippen molar-refractivity contribution in [2.45, 2.75) is 46.0 Å². The molecule has 1 aromatic rings. The Bertz CT molecular complexity index is 480. The van der Waals surface area contributed by atoms with Crippen LogP contribution in [0.5, 0.6) is 0 Å². The topological polar surface area (TPSA) is 84.2 Å². The Hall–Kier alpha value is -1.88. The van der Waals surface area contributed by atoms with Crippen LogP contribution in [0.4, 0.5) is 5.69 Å².